The molecule has 1 saturated heterocycles. The van der Waals surface area contributed by atoms with E-state index in [1.165, 1.54) is 0 Å². The molecule has 0 aromatic heterocycles. The molecule has 1 atom stereocenters. The molecule has 1 N–H and O–H groups in total. The van der Waals surface area contributed by atoms with Crippen molar-refractivity contribution in [2.45, 2.75) is 13.0 Å². The molecule has 1 fully saturated rings. The third-order valence-corrected chi connectivity index (χ3v) is 4.50. The van der Waals surface area contributed by atoms with E-state index in [4.69, 9.17) is 16.3 Å². The summed E-state index contributed by atoms with van der Waals surface area (Å²) < 4.78 is 5.55. The van der Waals surface area contributed by atoms with Crippen LogP contribution in [0, 0.1) is 6.92 Å². The Morgan fingerprint density at radius 2 is 2.18 bits per heavy atom. The molecule has 1 heterocycles. The highest BCUT2D eigenvalue weighted by molar-refractivity contribution is 6.31. The highest BCUT2D eigenvalue weighted by atomic mass is 35.5. The van der Waals surface area contributed by atoms with Crippen molar-refractivity contribution < 1.29 is 9.53 Å². The van der Waals surface area contributed by atoms with Gasteiger partial charge in [0.25, 0.3) is 5.91 Å². The number of hydrogen-bond donors (Lipinski definition) is 1. The van der Waals surface area contributed by atoms with Crippen molar-refractivity contribution in [3.05, 3.63) is 28.8 Å². The van der Waals surface area contributed by atoms with Crippen molar-refractivity contribution in [3.8, 4) is 5.75 Å². The second-order valence-electron chi connectivity index (χ2n) is 5.85. The zero-order valence-corrected chi connectivity index (χ0v) is 14.2. The van der Waals surface area contributed by atoms with E-state index in [0.29, 0.717) is 23.4 Å². The smallest absolute Gasteiger partial charge is 0.257 e. The van der Waals surface area contributed by atoms with Gasteiger partial charge >= 0.3 is 0 Å². The molecule has 22 heavy (non-hydrogen) atoms. The molecule has 0 bridgehead atoms. The second kappa shape index (κ2) is 7.81. The van der Waals surface area contributed by atoms with Gasteiger partial charge in [0.1, 0.15) is 5.75 Å². The number of carbonyl (C=O) groups excluding carboxylic acids is 1. The maximum atomic E-state index is 11.9. The molecule has 1 aromatic carbocycles. The van der Waals surface area contributed by atoms with Gasteiger partial charge in [0, 0.05) is 42.8 Å². The maximum Gasteiger partial charge on any atom is 0.257 e. The first-order chi connectivity index (χ1) is 10.5. The van der Waals surface area contributed by atoms with Crippen LogP contribution in [0.4, 0.5) is 0 Å². The first-order valence-electron chi connectivity index (χ1n) is 7.50. The van der Waals surface area contributed by atoms with Crippen LogP contribution in [0.5, 0.6) is 5.75 Å². The van der Waals surface area contributed by atoms with Crippen LogP contribution in [0.3, 0.4) is 0 Å². The summed E-state index contributed by atoms with van der Waals surface area (Å²) in [5.74, 6) is 0.540. The van der Waals surface area contributed by atoms with Gasteiger partial charge in [-0.15, -0.1) is 0 Å². The molecule has 1 amide bonds. The Kier molecular flexibility index (Phi) is 6.06. The fourth-order valence-electron chi connectivity index (χ4n) is 2.49. The van der Waals surface area contributed by atoms with Gasteiger partial charge in [-0.1, -0.05) is 17.7 Å². The largest absolute Gasteiger partial charge is 0.483 e. The molecule has 0 unspecified atom stereocenters. The van der Waals surface area contributed by atoms with Crippen LogP contribution in [0.2, 0.25) is 5.02 Å². The minimum Gasteiger partial charge on any atom is -0.483 e. The lowest BCUT2D eigenvalue weighted by Crippen LogP contribution is -2.54. The summed E-state index contributed by atoms with van der Waals surface area (Å²) in [7, 11) is 4.20. The lowest BCUT2D eigenvalue weighted by atomic mass is 10.2. The maximum absolute atomic E-state index is 11.9. The van der Waals surface area contributed by atoms with Crippen LogP contribution >= 0.6 is 11.6 Å². The van der Waals surface area contributed by atoms with Crippen molar-refractivity contribution in [2.75, 3.05) is 46.9 Å². The van der Waals surface area contributed by atoms with Crippen LogP contribution in [0.15, 0.2) is 18.2 Å². The van der Waals surface area contributed by atoms with E-state index < -0.39 is 0 Å². The molecule has 0 saturated carbocycles. The number of ether oxygens (including phenoxy) is 1. The molecular formula is C16H24ClN3O2. The van der Waals surface area contributed by atoms with Gasteiger partial charge in [-0.05, 0) is 33.2 Å². The summed E-state index contributed by atoms with van der Waals surface area (Å²) in [5.41, 5.74) is 0.852. The lowest BCUT2D eigenvalue weighted by Gasteiger charge is -2.37. The summed E-state index contributed by atoms with van der Waals surface area (Å²) >= 11 is 6.03. The first kappa shape index (κ1) is 17.1. The molecular weight excluding hydrogens is 302 g/mol. The SMILES string of the molecule is Cc1c(Cl)cccc1OCC(=O)NC[C@@H]1CN(C)CCN1C. The average Bonchev–Trinajstić information content (AvgIpc) is 2.49. The van der Waals surface area contributed by atoms with Crippen LogP contribution < -0.4 is 10.1 Å². The Bertz CT molecular complexity index is 524. The van der Waals surface area contributed by atoms with E-state index in [1.807, 2.05) is 19.1 Å². The molecule has 1 aliphatic heterocycles. The summed E-state index contributed by atoms with van der Waals surface area (Å²) in [4.78, 5) is 16.5. The quantitative estimate of drug-likeness (QED) is 0.888. The van der Waals surface area contributed by atoms with Gasteiger partial charge in [-0.2, -0.15) is 0 Å². The molecule has 122 valence electrons. The van der Waals surface area contributed by atoms with Crippen molar-refractivity contribution in [3.63, 3.8) is 0 Å². The zero-order valence-electron chi connectivity index (χ0n) is 13.4. The Hall–Kier alpha value is -1.30. The number of carbonyl (C=O) groups is 1. The number of piperazine rings is 1. The number of likely N-dealkylation sites (N-methyl/N-ethyl adjacent to an activating group) is 2. The van der Waals surface area contributed by atoms with Crippen LogP contribution in [0.1, 0.15) is 5.56 Å². The van der Waals surface area contributed by atoms with Gasteiger partial charge in [-0.25, -0.2) is 0 Å². The van der Waals surface area contributed by atoms with Gasteiger partial charge in [-0.3, -0.25) is 9.69 Å². The molecule has 0 spiro atoms. The number of rotatable bonds is 5. The summed E-state index contributed by atoms with van der Waals surface area (Å²) in [6, 6.07) is 5.78. The van der Waals surface area contributed by atoms with Crippen LogP contribution in [-0.4, -0.2) is 68.6 Å². The predicted molar refractivity (Wildman–Crippen MR) is 88.6 cm³/mol. The number of benzene rings is 1. The van der Waals surface area contributed by atoms with E-state index in [0.717, 1.165) is 25.2 Å². The van der Waals surface area contributed by atoms with E-state index in [2.05, 4.69) is 29.2 Å². The standard InChI is InChI=1S/C16H24ClN3O2/c1-12-14(17)5-4-6-15(12)22-11-16(21)18-9-13-10-19(2)7-8-20(13)3/h4-6,13H,7-11H2,1-3H3,(H,18,21)/t13-/m1/s1. The van der Waals surface area contributed by atoms with Crippen LogP contribution in [-0.2, 0) is 4.79 Å². The van der Waals surface area contributed by atoms with E-state index >= 15 is 0 Å². The molecule has 1 aromatic rings. The zero-order chi connectivity index (χ0) is 16.1. The Balaban J connectivity index is 1.77. The Morgan fingerprint density at radius 3 is 2.95 bits per heavy atom. The van der Waals surface area contributed by atoms with Gasteiger partial charge in [0.05, 0.1) is 0 Å². The molecule has 2 rings (SSSR count). The number of halogens is 1. The Morgan fingerprint density at radius 1 is 1.41 bits per heavy atom. The average molecular weight is 326 g/mol. The topological polar surface area (TPSA) is 44.8 Å². The van der Waals surface area contributed by atoms with Crippen molar-refractivity contribution in [1.29, 1.82) is 0 Å². The fraction of sp³-hybridized carbons (Fsp3) is 0.562. The number of amides is 1. The highest BCUT2D eigenvalue weighted by Gasteiger charge is 2.22. The molecule has 1 aliphatic rings. The highest BCUT2D eigenvalue weighted by Crippen LogP contribution is 2.24. The molecule has 5 nitrogen and oxygen atoms in total. The van der Waals surface area contributed by atoms with Crippen molar-refractivity contribution in [2.24, 2.45) is 0 Å². The minimum absolute atomic E-state index is 0.00740. The molecule has 6 heteroatoms. The number of hydrogen-bond acceptors (Lipinski definition) is 4. The minimum atomic E-state index is -0.110. The summed E-state index contributed by atoms with van der Waals surface area (Å²) in [6.07, 6.45) is 0. The molecule has 0 radical (unpaired) electrons. The van der Waals surface area contributed by atoms with Gasteiger partial charge < -0.3 is 15.0 Å². The third kappa shape index (κ3) is 4.60. The summed E-state index contributed by atoms with van der Waals surface area (Å²) in [6.45, 7) is 5.58. The predicted octanol–water partition coefficient (Wildman–Crippen LogP) is 1.39. The lowest BCUT2D eigenvalue weighted by molar-refractivity contribution is -0.123. The van der Waals surface area contributed by atoms with Crippen LogP contribution in [0.25, 0.3) is 0 Å². The van der Waals surface area contributed by atoms with Crippen molar-refractivity contribution >= 4 is 17.5 Å². The third-order valence-electron chi connectivity index (χ3n) is 4.09. The van der Waals surface area contributed by atoms with Gasteiger partial charge in [0.15, 0.2) is 6.61 Å². The first-order valence-corrected chi connectivity index (χ1v) is 7.88. The fourth-order valence-corrected chi connectivity index (χ4v) is 2.66. The van der Waals surface area contributed by atoms with E-state index in [1.54, 1.807) is 6.07 Å². The normalized spacial score (nSPS) is 19.9. The second-order valence-corrected chi connectivity index (χ2v) is 6.26. The monoisotopic (exact) mass is 325 g/mol. The number of nitrogens with zero attached hydrogens (tertiary/aromatic N) is 2. The Labute approximate surface area is 137 Å². The van der Waals surface area contributed by atoms with E-state index in [9.17, 15) is 4.79 Å². The van der Waals surface area contributed by atoms with E-state index in [-0.39, 0.29) is 12.5 Å². The number of nitrogens with one attached hydrogen (secondary N) is 1. The van der Waals surface area contributed by atoms with Gasteiger partial charge in [0.2, 0.25) is 0 Å². The molecule has 0 aliphatic carbocycles. The van der Waals surface area contributed by atoms with Crippen molar-refractivity contribution in [1.82, 2.24) is 15.1 Å². The summed E-state index contributed by atoms with van der Waals surface area (Å²) in [5, 5.41) is 3.59.